The average Bonchev–Trinajstić information content (AvgIpc) is 2.60. The minimum absolute atomic E-state index is 0.0523. The van der Waals surface area contributed by atoms with Crippen LogP contribution in [0, 0.1) is 10.1 Å². The molecule has 0 radical (unpaired) electrons. The van der Waals surface area contributed by atoms with Gasteiger partial charge >= 0.3 is 6.03 Å². The van der Waals surface area contributed by atoms with Crippen molar-refractivity contribution in [2.45, 2.75) is 0 Å². The minimum Gasteiger partial charge on any atom is -0.303 e. The Hall–Kier alpha value is -2.12. The number of nitrogens with zero attached hydrogens (tertiary/aromatic N) is 1. The molecule has 0 unspecified atom stereocenters. The van der Waals surface area contributed by atoms with E-state index in [4.69, 9.17) is 23.2 Å². The first-order chi connectivity index (χ1) is 8.88. The molecule has 19 heavy (non-hydrogen) atoms. The van der Waals surface area contributed by atoms with Crippen molar-refractivity contribution in [2.75, 3.05) is 0 Å². The van der Waals surface area contributed by atoms with Gasteiger partial charge in [-0.15, -0.1) is 0 Å². The summed E-state index contributed by atoms with van der Waals surface area (Å²) in [5.41, 5.74) is -0.198. The van der Waals surface area contributed by atoms with Crippen LogP contribution < -0.4 is 10.6 Å². The molecule has 1 fully saturated rings. The topological polar surface area (TPSA) is 101 Å². The molecule has 1 aliphatic heterocycles. The molecule has 1 heterocycles. The van der Waals surface area contributed by atoms with Crippen LogP contribution in [-0.2, 0) is 4.79 Å². The van der Waals surface area contributed by atoms with Crippen LogP contribution in [0.15, 0.2) is 17.8 Å². The molecule has 0 aromatic heterocycles. The highest BCUT2D eigenvalue weighted by molar-refractivity contribution is 6.37. The molecule has 0 spiro atoms. The van der Waals surface area contributed by atoms with Crippen molar-refractivity contribution in [3.63, 3.8) is 0 Å². The van der Waals surface area contributed by atoms with Gasteiger partial charge in [0, 0.05) is 16.7 Å². The molecule has 1 aromatic rings. The Balaban J connectivity index is 2.49. The lowest BCUT2D eigenvalue weighted by Gasteiger charge is -2.02. The van der Waals surface area contributed by atoms with E-state index in [0.29, 0.717) is 0 Å². The SMILES string of the molecule is O=C1NC(=O)C(=Cc2cc([N+](=O)[O-])c(Cl)cc2Cl)N1. The van der Waals surface area contributed by atoms with Crippen LogP contribution >= 0.6 is 23.2 Å². The van der Waals surface area contributed by atoms with Gasteiger partial charge in [-0.25, -0.2) is 4.79 Å². The highest BCUT2D eigenvalue weighted by Gasteiger charge is 2.24. The maximum atomic E-state index is 11.3. The Morgan fingerprint density at radius 1 is 1.16 bits per heavy atom. The van der Waals surface area contributed by atoms with Crippen LogP contribution in [0.5, 0.6) is 0 Å². The number of benzene rings is 1. The van der Waals surface area contributed by atoms with Gasteiger partial charge in [0.05, 0.1) is 4.92 Å². The summed E-state index contributed by atoms with van der Waals surface area (Å²) in [5.74, 6) is -0.640. The van der Waals surface area contributed by atoms with Gasteiger partial charge < -0.3 is 5.32 Å². The third-order valence-corrected chi connectivity index (χ3v) is 2.91. The fourth-order valence-corrected chi connectivity index (χ4v) is 1.95. The van der Waals surface area contributed by atoms with E-state index in [-0.39, 0.29) is 27.0 Å². The van der Waals surface area contributed by atoms with Crippen LogP contribution in [0.1, 0.15) is 5.56 Å². The van der Waals surface area contributed by atoms with E-state index in [1.807, 2.05) is 5.32 Å². The number of rotatable bonds is 2. The van der Waals surface area contributed by atoms with Gasteiger partial charge in [0.2, 0.25) is 0 Å². The summed E-state index contributed by atoms with van der Waals surface area (Å²) in [6.07, 6.45) is 1.23. The molecule has 7 nitrogen and oxygen atoms in total. The second-order valence-corrected chi connectivity index (χ2v) is 4.36. The summed E-state index contributed by atoms with van der Waals surface area (Å²) in [5, 5.41) is 15.0. The minimum atomic E-state index is -0.673. The van der Waals surface area contributed by atoms with Crippen molar-refractivity contribution in [3.8, 4) is 0 Å². The molecule has 2 rings (SSSR count). The number of carbonyl (C=O) groups excluding carboxylic acids is 2. The van der Waals surface area contributed by atoms with Crippen molar-refractivity contribution in [3.05, 3.63) is 43.6 Å². The van der Waals surface area contributed by atoms with Gasteiger partial charge in [-0.1, -0.05) is 23.2 Å². The maximum absolute atomic E-state index is 11.3. The van der Waals surface area contributed by atoms with E-state index in [0.717, 1.165) is 6.07 Å². The van der Waals surface area contributed by atoms with E-state index >= 15 is 0 Å². The Labute approximate surface area is 116 Å². The zero-order valence-electron chi connectivity index (χ0n) is 9.07. The lowest BCUT2D eigenvalue weighted by Crippen LogP contribution is -2.22. The smallest absolute Gasteiger partial charge is 0.303 e. The van der Waals surface area contributed by atoms with Crippen molar-refractivity contribution in [1.29, 1.82) is 0 Å². The molecule has 1 aliphatic rings. The summed E-state index contributed by atoms with van der Waals surface area (Å²) in [6, 6.07) is 1.65. The van der Waals surface area contributed by atoms with Gasteiger partial charge in [0.1, 0.15) is 10.7 Å². The summed E-state index contributed by atoms with van der Waals surface area (Å²) < 4.78 is 0. The second-order valence-electron chi connectivity index (χ2n) is 3.55. The van der Waals surface area contributed by atoms with Gasteiger partial charge in [0.15, 0.2) is 0 Å². The molecule has 0 bridgehead atoms. The van der Waals surface area contributed by atoms with Crippen LogP contribution in [0.2, 0.25) is 10.0 Å². The van der Waals surface area contributed by atoms with E-state index in [1.165, 1.54) is 12.1 Å². The predicted octanol–water partition coefficient (Wildman–Crippen LogP) is 2.08. The molecular formula is C10H5Cl2N3O4. The average molecular weight is 302 g/mol. The third-order valence-electron chi connectivity index (χ3n) is 2.28. The maximum Gasteiger partial charge on any atom is 0.326 e. The number of nitro benzene ring substituents is 1. The lowest BCUT2D eigenvalue weighted by atomic mass is 10.1. The standard InChI is InChI=1S/C10H5Cl2N3O4/c11-5-3-6(12)8(15(18)19)2-4(5)1-7-9(16)14-10(17)13-7/h1-3H,(H2,13,14,16,17). The van der Waals surface area contributed by atoms with Crippen LogP contribution in [0.3, 0.4) is 0 Å². The number of nitro groups is 1. The lowest BCUT2D eigenvalue weighted by molar-refractivity contribution is -0.384. The van der Waals surface area contributed by atoms with Crippen molar-refractivity contribution in [1.82, 2.24) is 10.6 Å². The number of hydrogen-bond acceptors (Lipinski definition) is 4. The van der Waals surface area contributed by atoms with Crippen LogP contribution in [0.25, 0.3) is 6.08 Å². The summed E-state index contributed by atoms with van der Waals surface area (Å²) >= 11 is 11.5. The number of imide groups is 1. The predicted molar refractivity (Wildman–Crippen MR) is 67.8 cm³/mol. The molecule has 0 aliphatic carbocycles. The third kappa shape index (κ3) is 2.67. The van der Waals surface area contributed by atoms with Crippen molar-refractivity contribution >= 4 is 46.9 Å². The Kier molecular flexibility index (Phi) is 3.41. The monoisotopic (exact) mass is 301 g/mol. The number of urea groups is 1. The van der Waals surface area contributed by atoms with Gasteiger partial charge in [-0.05, 0) is 12.1 Å². The first-order valence-corrected chi connectivity index (χ1v) is 5.61. The highest BCUT2D eigenvalue weighted by Crippen LogP contribution is 2.31. The Morgan fingerprint density at radius 2 is 1.84 bits per heavy atom. The van der Waals surface area contributed by atoms with Crippen molar-refractivity contribution < 1.29 is 14.5 Å². The zero-order chi connectivity index (χ0) is 14.2. The molecule has 98 valence electrons. The summed E-state index contributed by atoms with van der Waals surface area (Å²) in [6.45, 7) is 0. The number of amides is 3. The van der Waals surface area contributed by atoms with Crippen molar-refractivity contribution in [2.24, 2.45) is 0 Å². The van der Waals surface area contributed by atoms with Crippen LogP contribution in [-0.4, -0.2) is 16.9 Å². The molecule has 2 N–H and O–H groups in total. The Morgan fingerprint density at radius 3 is 2.37 bits per heavy atom. The first-order valence-electron chi connectivity index (χ1n) is 4.86. The Bertz CT molecular complexity index is 642. The van der Waals surface area contributed by atoms with E-state index in [1.54, 1.807) is 0 Å². The highest BCUT2D eigenvalue weighted by atomic mass is 35.5. The second kappa shape index (κ2) is 4.87. The largest absolute Gasteiger partial charge is 0.326 e. The zero-order valence-corrected chi connectivity index (χ0v) is 10.6. The van der Waals surface area contributed by atoms with Gasteiger partial charge in [0.25, 0.3) is 11.6 Å². The molecule has 0 atom stereocenters. The van der Waals surface area contributed by atoms with E-state index in [9.17, 15) is 19.7 Å². The van der Waals surface area contributed by atoms with Gasteiger partial charge in [-0.3, -0.25) is 20.2 Å². The first kappa shape index (κ1) is 13.3. The molecule has 1 saturated heterocycles. The molecule has 0 saturated carbocycles. The quantitative estimate of drug-likeness (QED) is 0.378. The molecule has 9 heteroatoms. The van der Waals surface area contributed by atoms with E-state index in [2.05, 4.69) is 5.32 Å². The van der Waals surface area contributed by atoms with Gasteiger partial charge in [-0.2, -0.15) is 0 Å². The summed E-state index contributed by atoms with van der Waals surface area (Å²) in [4.78, 5) is 32.3. The fraction of sp³-hybridized carbons (Fsp3) is 0. The number of carbonyl (C=O) groups is 2. The summed E-state index contributed by atoms with van der Waals surface area (Å²) in [7, 11) is 0. The normalized spacial score (nSPS) is 16.4. The van der Waals surface area contributed by atoms with E-state index < -0.39 is 16.9 Å². The molecule has 3 amide bonds. The molecular weight excluding hydrogens is 297 g/mol. The molecule has 1 aromatic carbocycles. The number of hydrogen-bond donors (Lipinski definition) is 2. The fourth-order valence-electron chi connectivity index (χ4n) is 1.44. The van der Waals surface area contributed by atoms with Crippen LogP contribution in [0.4, 0.5) is 10.5 Å². The number of nitrogens with one attached hydrogen (secondary N) is 2. The number of halogens is 2.